The molecule has 120 valence electrons. The van der Waals surface area contributed by atoms with Crippen LogP contribution in [0, 0.1) is 0 Å². The summed E-state index contributed by atoms with van der Waals surface area (Å²) in [6.45, 7) is 1.62. The van der Waals surface area contributed by atoms with E-state index in [4.69, 9.17) is 0 Å². The van der Waals surface area contributed by atoms with Gasteiger partial charge in [-0.1, -0.05) is 6.92 Å². The maximum atomic E-state index is 12.6. The van der Waals surface area contributed by atoms with E-state index in [1.807, 2.05) is 6.92 Å². The minimum Gasteiger partial charge on any atom is -0.363 e. The Morgan fingerprint density at radius 3 is 2.62 bits per heavy atom. The molecule has 21 heavy (non-hydrogen) atoms. The molecule has 1 saturated carbocycles. The first kappa shape index (κ1) is 16.3. The summed E-state index contributed by atoms with van der Waals surface area (Å²) >= 11 is 0. The first-order valence-electron chi connectivity index (χ1n) is 6.70. The number of aromatic nitrogens is 1. The fraction of sp³-hybridized carbons (Fsp3) is 0.667. The zero-order valence-corrected chi connectivity index (χ0v) is 12.4. The van der Waals surface area contributed by atoms with Crippen LogP contribution in [0.2, 0.25) is 0 Å². The van der Waals surface area contributed by atoms with Gasteiger partial charge in [0.15, 0.2) is 0 Å². The van der Waals surface area contributed by atoms with Gasteiger partial charge in [-0.2, -0.15) is 17.5 Å². The number of nitrogens with one attached hydrogen (secondary N) is 2. The maximum absolute atomic E-state index is 12.6. The normalized spacial score (nSPS) is 16.6. The topological polar surface area (TPSA) is 65.2 Å². The Morgan fingerprint density at radius 2 is 2.10 bits per heavy atom. The predicted molar refractivity (Wildman–Crippen MR) is 71.1 cm³/mol. The molecule has 0 radical (unpaired) electrons. The van der Waals surface area contributed by atoms with Crippen molar-refractivity contribution in [2.75, 3.05) is 13.1 Å². The van der Waals surface area contributed by atoms with Crippen molar-refractivity contribution in [2.45, 2.75) is 43.4 Å². The van der Waals surface area contributed by atoms with Crippen LogP contribution in [0.4, 0.5) is 13.2 Å². The largest absolute Gasteiger partial charge is 0.402 e. The molecular weight excluding hydrogens is 307 g/mol. The van der Waals surface area contributed by atoms with Crippen LogP contribution in [-0.4, -0.2) is 43.0 Å². The first-order chi connectivity index (χ1) is 9.74. The van der Waals surface area contributed by atoms with Crippen molar-refractivity contribution in [2.24, 2.45) is 0 Å². The highest BCUT2D eigenvalue weighted by Crippen LogP contribution is 2.34. The van der Waals surface area contributed by atoms with Crippen molar-refractivity contribution in [3.8, 4) is 0 Å². The molecule has 0 atom stereocenters. The van der Waals surface area contributed by atoms with Crippen LogP contribution < -0.4 is 5.32 Å². The molecular formula is C12H18F3N3O2S. The van der Waals surface area contributed by atoms with Gasteiger partial charge in [0.2, 0.25) is 10.0 Å². The smallest absolute Gasteiger partial charge is 0.363 e. The lowest BCUT2D eigenvalue weighted by Crippen LogP contribution is -2.40. The molecule has 2 rings (SSSR count). The van der Waals surface area contributed by atoms with E-state index in [1.165, 1.54) is 12.3 Å². The maximum Gasteiger partial charge on any atom is 0.402 e. The lowest BCUT2D eigenvalue weighted by Gasteiger charge is -2.22. The van der Waals surface area contributed by atoms with E-state index in [1.54, 1.807) is 0 Å². The highest BCUT2D eigenvalue weighted by Gasteiger charge is 2.44. The number of sulfonamides is 1. The van der Waals surface area contributed by atoms with Crippen molar-refractivity contribution in [3.05, 3.63) is 18.0 Å². The van der Waals surface area contributed by atoms with Gasteiger partial charge in [0.05, 0.1) is 4.90 Å². The summed E-state index contributed by atoms with van der Waals surface area (Å²) in [5.41, 5.74) is 0.623. The highest BCUT2D eigenvalue weighted by atomic mass is 32.2. The van der Waals surface area contributed by atoms with Crippen LogP contribution in [0.5, 0.6) is 0 Å². The fourth-order valence-corrected chi connectivity index (χ4v) is 3.70. The van der Waals surface area contributed by atoms with Crippen LogP contribution in [-0.2, 0) is 16.6 Å². The number of halogens is 3. The molecule has 0 unspecified atom stereocenters. The average molecular weight is 325 g/mol. The van der Waals surface area contributed by atoms with E-state index in [-0.39, 0.29) is 4.90 Å². The second-order valence-corrected chi connectivity index (χ2v) is 6.93. The molecule has 5 nitrogen and oxygen atoms in total. The van der Waals surface area contributed by atoms with Crippen molar-refractivity contribution in [1.82, 2.24) is 14.6 Å². The molecule has 1 heterocycles. The standard InChI is InChI=1S/C12H18F3N3O2S/c1-2-16-6-9-5-11(7-17-9)21(19,20)18(10-3-4-10)8-12(13,14)15/h5,7,10,16-17H,2-4,6,8H2,1H3. The Balaban J connectivity index is 2.20. The van der Waals surface area contributed by atoms with Crippen molar-refractivity contribution >= 4 is 10.0 Å². The second kappa shape index (κ2) is 5.98. The summed E-state index contributed by atoms with van der Waals surface area (Å²) in [7, 11) is -4.12. The Hall–Kier alpha value is -1.06. The molecule has 1 aliphatic carbocycles. The minimum atomic E-state index is -4.54. The summed E-state index contributed by atoms with van der Waals surface area (Å²) in [4.78, 5) is 2.66. The molecule has 0 aliphatic heterocycles. The second-order valence-electron chi connectivity index (χ2n) is 5.04. The van der Waals surface area contributed by atoms with Gasteiger partial charge in [-0.25, -0.2) is 8.42 Å². The number of nitrogens with zero attached hydrogens (tertiary/aromatic N) is 1. The SMILES string of the molecule is CCNCc1cc(S(=O)(=O)N(CC(F)(F)F)C2CC2)c[nH]1. The van der Waals surface area contributed by atoms with Crippen LogP contribution in [0.3, 0.4) is 0 Å². The summed E-state index contributed by atoms with van der Waals surface area (Å²) in [6, 6.07) is 0.841. The van der Waals surface area contributed by atoms with Crippen molar-refractivity contribution < 1.29 is 21.6 Å². The van der Waals surface area contributed by atoms with E-state index < -0.39 is 28.8 Å². The van der Waals surface area contributed by atoms with E-state index in [9.17, 15) is 21.6 Å². The van der Waals surface area contributed by atoms with Gasteiger partial charge in [0.1, 0.15) is 6.54 Å². The molecule has 0 bridgehead atoms. The van der Waals surface area contributed by atoms with Crippen LogP contribution in [0.15, 0.2) is 17.2 Å². The predicted octanol–water partition coefficient (Wildman–Crippen LogP) is 1.84. The number of hydrogen-bond acceptors (Lipinski definition) is 3. The number of H-pyrrole nitrogens is 1. The summed E-state index contributed by atoms with van der Waals surface area (Å²) in [5.74, 6) is 0. The summed E-state index contributed by atoms with van der Waals surface area (Å²) < 4.78 is 63.1. The molecule has 1 aromatic heterocycles. The summed E-state index contributed by atoms with van der Waals surface area (Å²) in [5, 5.41) is 3.01. The summed E-state index contributed by atoms with van der Waals surface area (Å²) in [6.07, 6.45) is -2.35. The first-order valence-corrected chi connectivity index (χ1v) is 8.14. The molecule has 0 saturated heterocycles. The molecule has 1 aromatic rings. The molecule has 0 spiro atoms. The third-order valence-corrected chi connectivity index (χ3v) is 5.05. The number of hydrogen-bond donors (Lipinski definition) is 2. The molecule has 0 aromatic carbocycles. The monoisotopic (exact) mass is 325 g/mol. The van der Waals surface area contributed by atoms with E-state index in [0.717, 1.165) is 0 Å². The Bertz CT molecular complexity index is 579. The van der Waals surface area contributed by atoms with Gasteiger partial charge in [-0.05, 0) is 25.5 Å². The van der Waals surface area contributed by atoms with Gasteiger partial charge in [-0.3, -0.25) is 0 Å². The van der Waals surface area contributed by atoms with Crippen LogP contribution in [0.1, 0.15) is 25.5 Å². The third kappa shape index (κ3) is 4.21. The molecule has 1 aliphatic rings. The van der Waals surface area contributed by atoms with Crippen LogP contribution in [0.25, 0.3) is 0 Å². The molecule has 2 N–H and O–H groups in total. The van der Waals surface area contributed by atoms with E-state index in [2.05, 4.69) is 10.3 Å². The van der Waals surface area contributed by atoms with Gasteiger partial charge in [0.25, 0.3) is 0 Å². The minimum absolute atomic E-state index is 0.119. The average Bonchev–Trinajstić information content (AvgIpc) is 3.10. The van der Waals surface area contributed by atoms with Gasteiger partial charge in [-0.15, -0.1) is 0 Å². The Labute approximate surface area is 121 Å². The lowest BCUT2D eigenvalue weighted by molar-refractivity contribution is -0.137. The van der Waals surface area contributed by atoms with E-state index in [0.29, 0.717) is 35.9 Å². The lowest BCUT2D eigenvalue weighted by atomic mass is 10.4. The van der Waals surface area contributed by atoms with Gasteiger partial charge >= 0.3 is 6.18 Å². The zero-order chi connectivity index (χ0) is 15.7. The quantitative estimate of drug-likeness (QED) is 0.804. The van der Waals surface area contributed by atoms with Crippen molar-refractivity contribution in [3.63, 3.8) is 0 Å². The fourth-order valence-electron chi connectivity index (χ4n) is 2.01. The molecule has 9 heteroatoms. The van der Waals surface area contributed by atoms with Gasteiger partial charge in [0, 0.05) is 24.5 Å². The third-order valence-electron chi connectivity index (χ3n) is 3.18. The number of alkyl halides is 3. The Kier molecular flexibility index (Phi) is 4.64. The van der Waals surface area contributed by atoms with Crippen molar-refractivity contribution in [1.29, 1.82) is 0 Å². The highest BCUT2D eigenvalue weighted by molar-refractivity contribution is 7.89. The van der Waals surface area contributed by atoms with Gasteiger partial charge < -0.3 is 10.3 Å². The molecule has 0 amide bonds. The Morgan fingerprint density at radius 1 is 1.43 bits per heavy atom. The number of aromatic amines is 1. The molecule has 1 fully saturated rings. The zero-order valence-electron chi connectivity index (χ0n) is 11.6. The van der Waals surface area contributed by atoms with E-state index >= 15 is 0 Å². The number of rotatable bonds is 7. The van der Waals surface area contributed by atoms with Crippen LogP contribution >= 0.6 is 0 Å².